The molecule has 25 heavy (non-hydrogen) atoms. The van der Waals surface area contributed by atoms with E-state index < -0.39 is 0 Å². The summed E-state index contributed by atoms with van der Waals surface area (Å²) in [6.45, 7) is 4.38. The monoisotopic (exact) mass is 323 g/mol. The highest BCUT2D eigenvalue weighted by atomic mass is 14.9. The van der Waals surface area contributed by atoms with E-state index in [1.165, 1.54) is 33.0 Å². The molecule has 122 valence electrons. The molecule has 0 bridgehead atoms. The summed E-state index contributed by atoms with van der Waals surface area (Å²) in [7, 11) is 0. The molecule has 0 atom stereocenters. The van der Waals surface area contributed by atoms with Crippen molar-refractivity contribution in [2.75, 3.05) is 5.32 Å². The van der Waals surface area contributed by atoms with Crippen molar-refractivity contribution < 1.29 is 0 Å². The van der Waals surface area contributed by atoms with E-state index in [9.17, 15) is 0 Å². The molecule has 0 fully saturated rings. The third-order valence-electron chi connectivity index (χ3n) is 4.71. The van der Waals surface area contributed by atoms with Gasteiger partial charge in [-0.25, -0.2) is 0 Å². The fourth-order valence-electron chi connectivity index (χ4n) is 3.40. The quantitative estimate of drug-likeness (QED) is 0.434. The zero-order valence-electron chi connectivity index (χ0n) is 14.6. The second kappa shape index (κ2) is 6.45. The van der Waals surface area contributed by atoms with E-state index >= 15 is 0 Å². The smallest absolute Gasteiger partial charge is 0.0390 e. The first-order valence-corrected chi connectivity index (χ1v) is 8.64. The Morgan fingerprint density at radius 2 is 1.32 bits per heavy atom. The van der Waals surface area contributed by atoms with Gasteiger partial charge in [0.25, 0.3) is 0 Å². The minimum absolute atomic E-state index is 1.10. The molecule has 1 nitrogen and oxygen atoms in total. The second-order valence-corrected chi connectivity index (χ2v) is 6.50. The summed E-state index contributed by atoms with van der Waals surface area (Å²) in [4.78, 5) is 0. The van der Waals surface area contributed by atoms with Crippen molar-refractivity contribution in [3.8, 4) is 11.1 Å². The highest BCUT2D eigenvalue weighted by molar-refractivity contribution is 5.99. The van der Waals surface area contributed by atoms with Crippen LogP contribution in [-0.4, -0.2) is 0 Å². The van der Waals surface area contributed by atoms with E-state index in [2.05, 4.69) is 85.9 Å². The highest BCUT2D eigenvalue weighted by Gasteiger charge is 2.10. The molecule has 1 heteroatoms. The highest BCUT2D eigenvalue weighted by Crippen LogP contribution is 2.35. The fourth-order valence-corrected chi connectivity index (χ4v) is 3.40. The largest absolute Gasteiger partial charge is 0.356 e. The standard InChI is InChI=1S/C24H21N/c1-17-13-15-21(25-20-9-4-3-5-10-20)16-23(17)24-18(2)12-14-19-8-6-7-11-22(19)24/h3-16,25H,1-2H3. The van der Waals surface area contributed by atoms with E-state index in [0.717, 1.165) is 11.4 Å². The number of hydrogen-bond acceptors (Lipinski definition) is 1. The van der Waals surface area contributed by atoms with Crippen LogP contribution in [0.5, 0.6) is 0 Å². The van der Waals surface area contributed by atoms with Crippen molar-refractivity contribution in [2.45, 2.75) is 13.8 Å². The average molecular weight is 323 g/mol. The minimum atomic E-state index is 1.10. The maximum Gasteiger partial charge on any atom is 0.0390 e. The number of aryl methyl sites for hydroxylation is 2. The average Bonchev–Trinajstić information content (AvgIpc) is 2.64. The Balaban J connectivity index is 1.86. The molecule has 0 aromatic heterocycles. The van der Waals surface area contributed by atoms with Gasteiger partial charge in [-0.15, -0.1) is 0 Å². The maximum atomic E-state index is 3.51. The summed E-state index contributed by atoms with van der Waals surface area (Å²) < 4.78 is 0. The van der Waals surface area contributed by atoms with E-state index in [1.807, 2.05) is 18.2 Å². The molecule has 0 spiro atoms. The Morgan fingerprint density at radius 3 is 2.16 bits per heavy atom. The Labute approximate surface area is 149 Å². The van der Waals surface area contributed by atoms with E-state index in [-0.39, 0.29) is 0 Å². The predicted molar refractivity (Wildman–Crippen MR) is 109 cm³/mol. The number of hydrogen-bond donors (Lipinski definition) is 1. The molecule has 1 N–H and O–H groups in total. The molecule has 0 aliphatic rings. The number of benzene rings is 4. The Bertz CT molecular complexity index is 1030. The number of anilines is 2. The van der Waals surface area contributed by atoms with Crippen molar-refractivity contribution in [3.63, 3.8) is 0 Å². The summed E-state index contributed by atoms with van der Waals surface area (Å²) >= 11 is 0. The first-order chi connectivity index (χ1) is 12.2. The molecular weight excluding hydrogens is 302 g/mol. The van der Waals surface area contributed by atoms with Gasteiger partial charge in [-0.3, -0.25) is 0 Å². The van der Waals surface area contributed by atoms with Crippen LogP contribution in [-0.2, 0) is 0 Å². The predicted octanol–water partition coefficient (Wildman–Crippen LogP) is 6.87. The van der Waals surface area contributed by atoms with Gasteiger partial charge < -0.3 is 5.32 Å². The molecule has 4 aromatic rings. The van der Waals surface area contributed by atoms with Gasteiger partial charge >= 0.3 is 0 Å². The van der Waals surface area contributed by atoms with Gasteiger partial charge in [-0.1, -0.05) is 60.7 Å². The lowest BCUT2D eigenvalue weighted by molar-refractivity contribution is 1.42. The molecule has 4 aromatic carbocycles. The van der Waals surface area contributed by atoms with Crippen molar-refractivity contribution in [1.29, 1.82) is 0 Å². The SMILES string of the molecule is Cc1ccc(Nc2ccccc2)cc1-c1c(C)ccc2ccccc12. The Morgan fingerprint density at radius 1 is 0.600 bits per heavy atom. The van der Waals surface area contributed by atoms with Crippen LogP contribution in [0.4, 0.5) is 11.4 Å². The van der Waals surface area contributed by atoms with E-state index in [4.69, 9.17) is 0 Å². The third-order valence-corrected chi connectivity index (χ3v) is 4.71. The molecule has 0 aliphatic heterocycles. The molecular formula is C24H21N. The zero-order valence-corrected chi connectivity index (χ0v) is 14.6. The van der Waals surface area contributed by atoms with Crippen LogP contribution in [0, 0.1) is 13.8 Å². The van der Waals surface area contributed by atoms with E-state index in [1.54, 1.807) is 0 Å². The third kappa shape index (κ3) is 3.01. The molecule has 0 aliphatic carbocycles. The molecule has 0 radical (unpaired) electrons. The lowest BCUT2D eigenvalue weighted by Gasteiger charge is -2.15. The molecule has 0 heterocycles. The zero-order chi connectivity index (χ0) is 17.2. The fraction of sp³-hybridized carbons (Fsp3) is 0.0833. The molecule has 0 saturated carbocycles. The number of fused-ring (bicyclic) bond motifs is 1. The minimum Gasteiger partial charge on any atom is -0.356 e. The molecule has 4 rings (SSSR count). The van der Waals surface area contributed by atoms with Gasteiger partial charge in [0.15, 0.2) is 0 Å². The van der Waals surface area contributed by atoms with Gasteiger partial charge in [0.1, 0.15) is 0 Å². The summed E-state index contributed by atoms with van der Waals surface area (Å²) in [6.07, 6.45) is 0. The lowest BCUT2D eigenvalue weighted by atomic mass is 9.91. The normalized spacial score (nSPS) is 10.8. The number of para-hydroxylation sites is 1. The Hall–Kier alpha value is -3.06. The van der Waals surface area contributed by atoms with Crippen LogP contribution >= 0.6 is 0 Å². The summed E-state index contributed by atoms with van der Waals surface area (Å²) in [5.41, 5.74) is 7.42. The van der Waals surface area contributed by atoms with Crippen molar-refractivity contribution in [1.82, 2.24) is 0 Å². The molecule has 0 unspecified atom stereocenters. The van der Waals surface area contributed by atoms with Gasteiger partial charge in [-0.05, 0) is 71.1 Å². The molecule has 0 amide bonds. The van der Waals surface area contributed by atoms with Crippen molar-refractivity contribution in [2.24, 2.45) is 0 Å². The Kier molecular flexibility index (Phi) is 3.99. The van der Waals surface area contributed by atoms with Gasteiger partial charge in [0, 0.05) is 11.4 Å². The maximum absolute atomic E-state index is 3.51. The van der Waals surface area contributed by atoms with Crippen molar-refractivity contribution >= 4 is 22.1 Å². The lowest BCUT2D eigenvalue weighted by Crippen LogP contribution is -1.94. The summed E-state index contributed by atoms with van der Waals surface area (Å²) in [6, 6.07) is 29.9. The van der Waals surface area contributed by atoms with Crippen LogP contribution in [0.3, 0.4) is 0 Å². The van der Waals surface area contributed by atoms with Gasteiger partial charge in [0.2, 0.25) is 0 Å². The van der Waals surface area contributed by atoms with E-state index in [0.29, 0.717) is 0 Å². The van der Waals surface area contributed by atoms with Crippen LogP contribution in [0.1, 0.15) is 11.1 Å². The van der Waals surface area contributed by atoms with Gasteiger partial charge in [-0.2, -0.15) is 0 Å². The van der Waals surface area contributed by atoms with Crippen molar-refractivity contribution in [3.05, 3.63) is 96.1 Å². The van der Waals surface area contributed by atoms with Crippen LogP contribution in [0.15, 0.2) is 84.9 Å². The number of nitrogens with one attached hydrogen (secondary N) is 1. The molecule has 0 saturated heterocycles. The van der Waals surface area contributed by atoms with Crippen LogP contribution < -0.4 is 5.32 Å². The van der Waals surface area contributed by atoms with Crippen LogP contribution in [0.2, 0.25) is 0 Å². The topological polar surface area (TPSA) is 12.0 Å². The second-order valence-electron chi connectivity index (χ2n) is 6.50. The van der Waals surface area contributed by atoms with Crippen LogP contribution in [0.25, 0.3) is 21.9 Å². The summed E-state index contributed by atoms with van der Waals surface area (Å²) in [5.74, 6) is 0. The number of rotatable bonds is 3. The van der Waals surface area contributed by atoms with Gasteiger partial charge in [0.05, 0.1) is 0 Å². The first kappa shape index (κ1) is 15.5. The summed E-state index contributed by atoms with van der Waals surface area (Å²) in [5, 5.41) is 6.10. The first-order valence-electron chi connectivity index (χ1n) is 8.64.